The minimum Gasteiger partial charge on any atom is -0.455 e. The summed E-state index contributed by atoms with van der Waals surface area (Å²) in [5, 5.41) is 7.29. The highest BCUT2D eigenvalue weighted by molar-refractivity contribution is 6.13. The van der Waals surface area contributed by atoms with Crippen molar-refractivity contribution in [2.45, 2.75) is 38.5 Å². The molecule has 3 aromatic heterocycles. The molecule has 13 aromatic carbocycles. The van der Waals surface area contributed by atoms with Crippen LogP contribution in [-0.4, -0.2) is 9.13 Å². The van der Waals surface area contributed by atoms with Crippen molar-refractivity contribution >= 4 is 82.6 Å². The molecule has 0 amide bonds. The fraction of sp³-hybridized carbons (Fsp3) is 0.0714. The molecule has 0 saturated carbocycles. The maximum atomic E-state index is 6.52. The second kappa shape index (κ2) is 18.8. The van der Waals surface area contributed by atoms with E-state index in [1.54, 1.807) is 0 Å². The van der Waals surface area contributed by atoms with E-state index >= 15 is 0 Å². The minimum atomic E-state index is -0.354. The zero-order valence-corrected chi connectivity index (χ0v) is 49.4. The molecule has 0 bridgehead atoms. The highest BCUT2D eigenvalue weighted by atomic mass is 16.3. The summed E-state index contributed by atoms with van der Waals surface area (Å²) >= 11 is 0. The van der Waals surface area contributed by atoms with Crippen LogP contribution in [0.5, 0.6) is 0 Å². The van der Waals surface area contributed by atoms with Gasteiger partial charge < -0.3 is 18.5 Å². The molecule has 0 spiro atoms. The molecule has 0 radical (unpaired) electrons. The van der Waals surface area contributed by atoms with Gasteiger partial charge in [0.2, 0.25) is 0 Å². The lowest BCUT2D eigenvalue weighted by molar-refractivity contribution is 0.652. The molecule has 4 heteroatoms. The van der Waals surface area contributed by atoms with Crippen LogP contribution in [0.4, 0.5) is 17.1 Å². The van der Waals surface area contributed by atoms with Crippen molar-refractivity contribution in [1.29, 1.82) is 0 Å². The number of fused-ring (bicyclic) bond motifs is 15. The largest absolute Gasteiger partial charge is 0.455 e. The van der Waals surface area contributed by atoms with E-state index in [1.165, 1.54) is 116 Å². The Morgan fingerprint density at radius 1 is 0.295 bits per heavy atom. The Morgan fingerprint density at radius 2 is 0.727 bits per heavy atom. The monoisotopic (exact) mass is 1130 g/mol. The lowest BCUT2D eigenvalue weighted by Crippen LogP contribution is -2.17. The van der Waals surface area contributed by atoms with Crippen LogP contribution in [0.1, 0.15) is 49.9 Å². The summed E-state index contributed by atoms with van der Waals surface area (Å²) in [6.07, 6.45) is 0. The fourth-order valence-electron chi connectivity index (χ4n) is 15.5. The zero-order chi connectivity index (χ0) is 58.6. The van der Waals surface area contributed by atoms with Gasteiger partial charge in [0.15, 0.2) is 0 Å². The maximum Gasteiger partial charge on any atom is 0.143 e. The number of rotatable bonds is 8. The van der Waals surface area contributed by atoms with Gasteiger partial charge in [-0.15, -0.1) is 0 Å². The standard InChI is InChI=1S/C84H59N3O/c1-83(2)70-30-19-27-60(54-38-44-57(45-39-54)85(56-42-36-53(37-43-56)52-20-6-5-7-21-52)58-46-40-55(41-47-58)61-28-18-29-67-66-26-12-17-35-79(66)88-82(61)67)80(70)68-50-72-69(51-71(68)83)81-73(84(72,3)4)48-59(86-74-31-13-8-22-62(74)63-23-9-14-32-75(63)86)49-78(81)87-76-33-15-10-24-64(76)65-25-11-16-34-77(65)87/h5-51H,1-4H3. The molecule has 88 heavy (non-hydrogen) atoms. The van der Waals surface area contributed by atoms with Crippen LogP contribution >= 0.6 is 0 Å². The first-order chi connectivity index (χ1) is 43.2. The number of anilines is 3. The third kappa shape index (κ3) is 7.26. The molecule has 2 aliphatic rings. The summed E-state index contributed by atoms with van der Waals surface area (Å²) in [6.45, 7) is 9.77. The predicted octanol–water partition coefficient (Wildman–Crippen LogP) is 22.9. The molecule has 3 heterocycles. The molecule has 0 fully saturated rings. The van der Waals surface area contributed by atoms with Crippen LogP contribution in [0.2, 0.25) is 0 Å². The smallest absolute Gasteiger partial charge is 0.143 e. The van der Waals surface area contributed by atoms with Gasteiger partial charge in [0.1, 0.15) is 11.2 Å². The van der Waals surface area contributed by atoms with Gasteiger partial charge in [-0.3, -0.25) is 0 Å². The Bertz CT molecular complexity index is 5430. The van der Waals surface area contributed by atoms with Crippen molar-refractivity contribution in [2.24, 2.45) is 0 Å². The van der Waals surface area contributed by atoms with E-state index in [-0.39, 0.29) is 10.8 Å². The highest BCUT2D eigenvalue weighted by Gasteiger charge is 2.44. The van der Waals surface area contributed by atoms with E-state index in [0.29, 0.717) is 0 Å². The third-order valence-electron chi connectivity index (χ3n) is 19.7. The Kier molecular flexibility index (Phi) is 10.8. The Hall–Kier alpha value is -10.9. The zero-order valence-electron chi connectivity index (χ0n) is 49.4. The quantitative estimate of drug-likeness (QED) is 0.152. The van der Waals surface area contributed by atoms with Crippen molar-refractivity contribution in [1.82, 2.24) is 9.13 Å². The Balaban J connectivity index is 0.777. The molecule has 2 aliphatic carbocycles. The molecule has 0 aliphatic heterocycles. The van der Waals surface area contributed by atoms with Crippen LogP contribution in [0.15, 0.2) is 290 Å². The molecule has 0 atom stereocenters. The van der Waals surface area contributed by atoms with Crippen LogP contribution < -0.4 is 4.90 Å². The first-order valence-corrected chi connectivity index (χ1v) is 30.7. The number of aromatic nitrogens is 2. The van der Waals surface area contributed by atoms with Crippen LogP contribution in [0, 0.1) is 0 Å². The van der Waals surface area contributed by atoms with Gasteiger partial charge in [-0.2, -0.15) is 0 Å². The van der Waals surface area contributed by atoms with Crippen LogP contribution in [0.25, 0.3) is 133 Å². The van der Waals surface area contributed by atoms with Crippen molar-refractivity contribution in [2.75, 3.05) is 4.90 Å². The molecule has 416 valence electrons. The van der Waals surface area contributed by atoms with Gasteiger partial charge in [0.05, 0.1) is 27.8 Å². The molecule has 0 N–H and O–H groups in total. The van der Waals surface area contributed by atoms with Crippen LogP contribution in [0.3, 0.4) is 0 Å². The van der Waals surface area contributed by atoms with E-state index in [0.717, 1.165) is 55.8 Å². The first kappa shape index (κ1) is 50.4. The van der Waals surface area contributed by atoms with Crippen molar-refractivity contribution in [3.63, 3.8) is 0 Å². The van der Waals surface area contributed by atoms with Gasteiger partial charge in [0, 0.05) is 77.0 Å². The number of hydrogen-bond donors (Lipinski definition) is 0. The van der Waals surface area contributed by atoms with Gasteiger partial charge in [0.25, 0.3) is 0 Å². The van der Waals surface area contributed by atoms with Crippen molar-refractivity contribution in [3.8, 4) is 67.0 Å². The van der Waals surface area contributed by atoms with Crippen molar-refractivity contribution in [3.05, 3.63) is 307 Å². The number of furan rings is 1. The summed E-state index contributed by atoms with van der Waals surface area (Å²) in [5.41, 5.74) is 29.2. The van der Waals surface area contributed by atoms with E-state index in [9.17, 15) is 0 Å². The lowest BCUT2D eigenvalue weighted by Gasteiger charge is -2.26. The van der Waals surface area contributed by atoms with E-state index in [1.807, 2.05) is 6.07 Å². The number of para-hydroxylation sites is 6. The van der Waals surface area contributed by atoms with E-state index in [4.69, 9.17) is 4.42 Å². The van der Waals surface area contributed by atoms with Gasteiger partial charge >= 0.3 is 0 Å². The third-order valence-corrected chi connectivity index (χ3v) is 19.7. The molecule has 0 saturated heterocycles. The van der Waals surface area contributed by atoms with Gasteiger partial charge in [-0.25, -0.2) is 0 Å². The Labute approximate surface area is 511 Å². The minimum absolute atomic E-state index is 0.275. The number of benzene rings is 13. The lowest BCUT2D eigenvalue weighted by atomic mass is 9.79. The number of nitrogens with zero attached hydrogens (tertiary/aromatic N) is 3. The summed E-state index contributed by atoms with van der Waals surface area (Å²) in [7, 11) is 0. The topological polar surface area (TPSA) is 26.2 Å². The second-order valence-electron chi connectivity index (χ2n) is 25.2. The second-order valence-corrected chi connectivity index (χ2v) is 25.2. The average molecular weight is 1130 g/mol. The number of hydrogen-bond acceptors (Lipinski definition) is 2. The molecule has 0 unspecified atom stereocenters. The van der Waals surface area contributed by atoms with Crippen molar-refractivity contribution < 1.29 is 4.42 Å². The molecular weight excluding hydrogens is 1070 g/mol. The average Bonchev–Trinajstić information content (AvgIpc) is 1.58. The van der Waals surface area contributed by atoms with Gasteiger partial charge in [-0.1, -0.05) is 222 Å². The predicted molar refractivity (Wildman–Crippen MR) is 369 cm³/mol. The maximum absolute atomic E-state index is 6.52. The summed E-state index contributed by atoms with van der Waals surface area (Å²) in [4.78, 5) is 2.38. The Morgan fingerprint density at radius 3 is 1.31 bits per heavy atom. The molecular formula is C84H59N3O. The fourth-order valence-corrected chi connectivity index (χ4v) is 15.5. The first-order valence-electron chi connectivity index (χ1n) is 30.7. The van der Waals surface area contributed by atoms with Gasteiger partial charge in [-0.05, 0) is 158 Å². The summed E-state index contributed by atoms with van der Waals surface area (Å²) < 4.78 is 11.6. The highest BCUT2D eigenvalue weighted by Crippen LogP contribution is 2.60. The summed E-state index contributed by atoms with van der Waals surface area (Å²) in [5.74, 6) is 0. The summed E-state index contributed by atoms with van der Waals surface area (Å²) in [6, 6.07) is 105. The normalized spacial score (nSPS) is 13.6. The van der Waals surface area contributed by atoms with E-state index < -0.39 is 0 Å². The van der Waals surface area contributed by atoms with E-state index in [2.05, 4.69) is 321 Å². The molecule has 4 nitrogen and oxygen atoms in total. The van der Waals surface area contributed by atoms with Crippen LogP contribution in [-0.2, 0) is 10.8 Å². The molecule has 16 aromatic rings. The molecule has 18 rings (SSSR count). The SMILES string of the molecule is CC1(C)c2cc3c(cc2-c2c(-c4ccc(N(c5ccc(-c6ccccc6)cc5)c5ccc(-c6cccc7c6oc6ccccc67)cc5)cc4)cccc21)C(C)(C)c1cc(-n2c4ccccc4c4ccccc42)cc(-n2c4ccccc4c4ccccc42)c1-3.